The Bertz CT molecular complexity index is 218. The van der Waals surface area contributed by atoms with Gasteiger partial charge in [-0.05, 0) is 36.8 Å². The first-order chi connectivity index (χ1) is 5.42. The van der Waals surface area contributed by atoms with Crippen molar-refractivity contribution in [1.82, 2.24) is 0 Å². The minimum absolute atomic E-state index is 0. The predicted octanol–water partition coefficient (Wildman–Crippen LogP) is -0.0284. The van der Waals surface area contributed by atoms with E-state index in [-0.39, 0.29) is 29.6 Å². The molecule has 2 aliphatic rings. The van der Waals surface area contributed by atoms with Crippen molar-refractivity contribution in [1.29, 1.82) is 0 Å². The van der Waals surface area contributed by atoms with Crippen molar-refractivity contribution in [3.05, 3.63) is 23.3 Å². The second-order valence-corrected chi connectivity index (χ2v) is 4.58. The second kappa shape index (κ2) is 4.80. The van der Waals surface area contributed by atoms with Crippen LogP contribution in [0.2, 0.25) is 12.1 Å². The molecule has 0 aromatic heterocycles. The van der Waals surface area contributed by atoms with Gasteiger partial charge in [-0.2, -0.15) is 0 Å². The van der Waals surface area contributed by atoms with Crippen molar-refractivity contribution in [2.75, 3.05) is 0 Å². The van der Waals surface area contributed by atoms with Gasteiger partial charge in [0, 0.05) is 9.52 Å². The molecule has 0 heterocycles. The molecule has 12 heavy (non-hydrogen) atoms. The molecule has 0 aromatic carbocycles. The van der Waals surface area contributed by atoms with Gasteiger partial charge in [-0.1, -0.05) is 24.3 Å². The van der Waals surface area contributed by atoms with Crippen molar-refractivity contribution in [3.8, 4) is 0 Å². The van der Waals surface area contributed by atoms with Gasteiger partial charge in [0.15, 0.2) is 0 Å². The van der Waals surface area contributed by atoms with E-state index >= 15 is 0 Å². The zero-order valence-corrected chi connectivity index (χ0v) is 11.1. The van der Waals surface area contributed by atoms with E-state index in [4.69, 9.17) is 0 Å². The first-order valence-electron chi connectivity index (χ1n) is 4.49. The zero-order chi connectivity index (χ0) is 7.68. The van der Waals surface area contributed by atoms with Gasteiger partial charge in [0.2, 0.25) is 0 Å². The Labute approximate surface area is 99.6 Å². The van der Waals surface area contributed by atoms with E-state index in [0.717, 1.165) is 15.1 Å². The molecule has 0 amide bonds. The summed E-state index contributed by atoms with van der Waals surface area (Å²) in [6.07, 6.45) is 10.4. The maximum Gasteiger partial charge on any atom is 1.00 e. The molecule has 0 aliphatic heterocycles. The van der Waals surface area contributed by atoms with Crippen LogP contribution in [0.4, 0.5) is 0 Å². The van der Waals surface area contributed by atoms with E-state index < -0.39 is 0 Å². The van der Waals surface area contributed by atoms with E-state index in [1.165, 1.54) is 25.7 Å². The Hall–Kier alpha value is 0.697. The van der Waals surface area contributed by atoms with Gasteiger partial charge in [-0.25, -0.2) is 0 Å². The fraction of sp³-hybridized carbons (Fsp3) is 0.600. The molecule has 1 unspecified atom stereocenters. The van der Waals surface area contributed by atoms with Crippen LogP contribution in [0.25, 0.3) is 0 Å². The smallest absolute Gasteiger partial charge is 0.0803 e. The van der Waals surface area contributed by atoms with Crippen molar-refractivity contribution >= 4 is 9.52 Å². The molecule has 0 aromatic rings. The second-order valence-electron chi connectivity index (χ2n) is 3.38. The van der Waals surface area contributed by atoms with Crippen LogP contribution < -0.4 is 29.6 Å². The molecular weight excluding hydrogens is 171 g/mol. The Kier molecular flexibility index (Phi) is 4.31. The minimum Gasteiger partial charge on any atom is -0.0803 e. The van der Waals surface area contributed by atoms with Crippen molar-refractivity contribution in [2.45, 2.75) is 37.8 Å². The fourth-order valence-corrected chi connectivity index (χ4v) is 3.06. The summed E-state index contributed by atoms with van der Waals surface area (Å²) in [6.45, 7) is 2.32. The molecule has 2 aliphatic carbocycles. The first kappa shape index (κ1) is 10.8. The largest absolute Gasteiger partial charge is 1.00 e. The molecule has 2 rings (SSSR count). The van der Waals surface area contributed by atoms with Gasteiger partial charge in [-0.15, -0.1) is 0 Å². The minimum atomic E-state index is 0. The molecule has 0 saturated carbocycles. The normalized spacial score (nSPS) is 26.9. The van der Waals surface area contributed by atoms with Crippen molar-refractivity contribution in [3.63, 3.8) is 0 Å². The summed E-state index contributed by atoms with van der Waals surface area (Å²) >= 11 is 0. The molecule has 0 fully saturated rings. The third-order valence-corrected chi connectivity index (χ3v) is 3.89. The van der Waals surface area contributed by atoms with Crippen LogP contribution in [-0.2, 0) is 0 Å². The van der Waals surface area contributed by atoms with Gasteiger partial charge in [-0.3, -0.25) is 0 Å². The Morgan fingerprint density at radius 2 is 2.08 bits per heavy atom. The molecule has 58 valence electrons. The first-order valence-corrected chi connectivity index (χ1v) is 6.07. The summed E-state index contributed by atoms with van der Waals surface area (Å²) in [4.78, 5) is 0. The third-order valence-electron chi connectivity index (χ3n) is 2.73. The maximum absolute atomic E-state index is 2.41. The molecule has 0 nitrogen and oxygen atoms in total. The molecule has 0 spiro atoms. The van der Waals surface area contributed by atoms with Gasteiger partial charge >= 0.3 is 29.6 Å². The van der Waals surface area contributed by atoms with E-state index in [1.54, 1.807) is 11.1 Å². The molecule has 1 atom stereocenters. The van der Waals surface area contributed by atoms with Gasteiger partial charge in [0.1, 0.15) is 0 Å². The summed E-state index contributed by atoms with van der Waals surface area (Å²) < 4.78 is 0. The summed E-state index contributed by atoms with van der Waals surface area (Å²) in [6, 6.07) is 0. The fourth-order valence-electron chi connectivity index (χ4n) is 2.10. The molecular formula is C10H14NaSi+. The van der Waals surface area contributed by atoms with Crippen LogP contribution >= 0.6 is 0 Å². The predicted molar refractivity (Wildman–Crippen MR) is 50.0 cm³/mol. The number of hydrogen-bond acceptors (Lipinski definition) is 0. The molecule has 2 heteroatoms. The Morgan fingerprint density at radius 3 is 2.83 bits per heavy atom. The molecule has 0 saturated heterocycles. The SMILES string of the molecule is C[Si]C1C=CC2=C1CCCC2.[Na+]. The quantitative estimate of drug-likeness (QED) is 0.503. The average Bonchev–Trinajstić information content (AvgIpc) is 2.47. The van der Waals surface area contributed by atoms with Crippen LogP contribution in [0.5, 0.6) is 0 Å². The molecule has 0 bridgehead atoms. The average molecular weight is 185 g/mol. The third kappa shape index (κ3) is 1.95. The molecule has 0 N–H and O–H groups in total. The van der Waals surface area contributed by atoms with Gasteiger partial charge in [0.05, 0.1) is 0 Å². The van der Waals surface area contributed by atoms with Crippen LogP contribution in [0, 0.1) is 0 Å². The van der Waals surface area contributed by atoms with Crippen molar-refractivity contribution < 1.29 is 29.6 Å². The maximum atomic E-state index is 2.41. The number of allylic oxidation sites excluding steroid dienone is 4. The van der Waals surface area contributed by atoms with Crippen molar-refractivity contribution in [2.24, 2.45) is 0 Å². The van der Waals surface area contributed by atoms with Gasteiger partial charge in [0.25, 0.3) is 0 Å². The zero-order valence-electron chi connectivity index (χ0n) is 8.06. The standard InChI is InChI=1S/C10H14Si.Na/c1-11-10-7-6-8-4-2-3-5-9(8)10;/h6-7,10H,2-5H2,1H3;/q;+1. The Morgan fingerprint density at radius 1 is 1.33 bits per heavy atom. The molecule has 2 radical (unpaired) electrons. The summed E-state index contributed by atoms with van der Waals surface area (Å²) in [5, 5.41) is 0. The summed E-state index contributed by atoms with van der Waals surface area (Å²) in [7, 11) is 1.08. The topological polar surface area (TPSA) is 0 Å². The Balaban J connectivity index is 0.000000720. The van der Waals surface area contributed by atoms with Crippen LogP contribution in [0.3, 0.4) is 0 Å². The monoisotopic (exact) mass is 185 g/mol. The van der Waals surface area contributed by atoms with E-state index in [1.807, 2.05) is 0 Å². The van der Waals surface area contributed by atoms with Crippen LogP contribution in [0.15, 0.2) is 23.3 Å². The van der Waals surface area contributed by atoms with Crippen LogP contribution in [0.1, 0.15) is 25.7 Å². The number of hydrogen-bond donors (Lipinski definition) is 0. The van der Waals surface area contributed by atoms with E-state index in [0.29, 0.717) is 0 Å². The van der Waals surface area contributed by atoms with Gasteiger partial charge < -0.3 is 0 Å². The number of rotatable bonds is 1. The van der Waals surface area contributed by atoms with E-state index in [2.05, 4.69) is 18.7 Å². The van der Waals surface area contributed by atoms with E-state index in [9.17, 15) is 0 Å². The summed E-state index contributed by atoms with van der Waals surface area (Å²) in [5.74, 6) is 0. The van der Waals surface area contributed by atoms with Crippen LogP contribution in [-0.4, -0.2) is 9.52 Å². The summed E-state index contributed by atoms with van der Waals surface area (Å²) in [5.41, 5.74) is 4.29.